The maximum atomic E-state index is 12.3. The normalized spacial score (nSPS) is 15.4. The van der Waals surface area contributed by atoms with Crippen LogP contribution in [0.3, 0.4) is 0 Å². The predicted octanol–water partition coefficient (Wildman–Crippen LogP) is 1.97. The number of ketones is 2. The van der Waals surface area contributed by atoms with Crippen molar-refractivity contribution in [2.24, 2.45) is 0 Å². The molecule has 0 aliphatic heterocycles. The Hall–Kier alpha value is -2.69. The number of aromatic amines is 1. The van der Waals surface area contributed by atoms with Crippen LogP contribution in [0, 0.1) is 0 Å². The number of nitrogens with zero attached hydrogens (tertiary/aromatic N) is 1. The van der Waals surface area contributed by atoms with Crippen molar-refractivity contribution in [3.63, 3.8) is 0 Å². The molecule has 3 rings (SSSR count). The van der Waals surface area contributed by atoms with Crippen LogP contribution in [-0.2, 0) is 6.42 Å². The number of hydrogen-bond donors (Lipinski definition) is 1. The van der Waals surface area contributed by atoms with Gasteiger partial charge >= 0.3 is 0 Å². The molecule has 0 spiro atoms. The molecule has 0 bridgehead atoms. The monoisotopic (exact) mass is 268 g/mol. The quantitative estimate of drug-likeness (QED) is 0.682. The van der Waals surface area contributed by atoms with Gasteiger partial charge in [-0.1, -0.05) is 6.07 Å². The van der Waals surface area contributed by atoms with E-state index in [2.05, 4.69) is 9.97 Å². The van der Waals surface area contributed by atoms with E-state index in [0.29, 0.717) is 29.0 Å². The van der Waals surface area contributed by atoms with Gasteiger partial charge in [-0.15, -0.1) is 0 Å². The molecule has 0 atom stereocenters. The van der Waals surface area contributed by atoms with E-state index in [1.807, 2.05) is 12.1 Å². The lowest BCUT2D eigenvalue weighted by atomic mass is 10.1. The number of benzene rings is 1. The van der Waals surface area contributed by atoms with E-state index >= 15 is 0 Å². The van der Waals surface area contributed by atoms with Crippen molar-refractivity contribution in [3.05, 3.63) is 59.2 Å². The van der Waals surface area contributed by atoms with Crippen LogP contribution in [-0.4, -0.2) is 28.6 Å². The Morgan fingerprint density at radius 3 is 3.00 bits per heavy atom. The fourth-order valence-electron chi connectivity index (χ4n) is 2.25. The van der Waals surface area contributed by atoms with Gasteiger partial charge in [0.05, 0.1) is 19.6 Å². The summed E-state index contributed by atoms with van der Waals surface area (Å²) in [5.41, 5.74) is 2.39. The highest BCUT2D eigenvalue weighted by atomic mass is 16.5. The molecule has 0 saturated heterocycles. The van der Waals surface area contributed by atoms with Crippen LogP contribution < -0.4 is 4.74 Å². The van der Waals surface area contributed by atoms with Gasteiger partial charge < -0.3 is 9.72 Å². The molecule has 100 valence electrons. The van der Waals surface area contributed by atoms with Crippen LogP contribution in [0.25, 0.3) is 0 Å². The molecule has 1 aromatic heterocycles. The Balaban J connectivity index is 1.92. The number of Topliss-reactive ketones (excluding diaryl/α,β-unsaturated/α-hetero) is 1. The second-order valence-electron chi connectivity index (χ2n) is 4.53. The molecule has 0 radical (unpaired) electrons. The van der Waals surface area contributed by atoms with Crippen LogP contribution in [0.5, 0.6) is 5.75 Å². The summed E-state index contributed by atoms with van der Waals surface area (Å²) in [6.07, 6.45) is 4.72. The number of carbonyl (C=O) groups excluding carboxylic acids is 2. The molecule has 0 fully saturated rings. The minimum atomic E-state index is -0.245. The first-order valence-electron chi connectivity index (χ1n) is 6.14. The van der Waals surface area contributed by atoms with Crippen molar-refractivity contribution in [2.75, 3.05) is 7.11 Å². The number of carbonyl (C=O) groups is 2. The third-order valence-corrected chi connectivity index (χ3v) is 3.30. The SMILES string of the molecule is COc1ccc2c(c1)C(=O)/C(=C/C(=O)c1cnc[nH]1)C2. The van der Waals surface area contributed by atoms with E-state index in [9.17, 15) is 9.59 Å². The van der Waals surface area contributed by atoms with Crippen molar-refractivity contribution in [2.45, 2.75) is 6.42 Å². The lowest BCUT2D eigenvalue weighted by molar-refractivity contribution is 0.101. The standard InChI is InChI=1S/C15H12N2O3/c1-20-11-3-2-9-4-10(15(19)12(9)6-11)5-14(18)13-7-16-8-17-13/h2-3,5-8H,4H2,1H3,(H,16,17)/b10-5+. The summed E-state index contributed by atoms with van der Waals surface area (Å²) >= 11 is 0. The fourth-order valence-corrected chi connectivity index (χ4v) is 2.25. The number of rotatable bonds is 3. The Labute approximate surface area is 115 Å². The van der Waals surface area contributed by atoms with Crippen molar-refractivity contribution < 1.29 is 14.3 Å². The zero-order chi connectivity index (χ0) is 14.1. The van der Waals surface area contributed by atoms with Gasteiger partial charge in [-0.2, -0.15) is 0 Å². The number of allylic oxidation sites excluding steroid dienone is 2. The first kappa shape index (κ1) is 12.3. The average molecular weight is 268 g/mol. The van der Waals surface area contributed by atoms with E-state index in [1.165, 1.54) is 18.6 Å². The smallest absolute Gasteiger partial charge is 0.204 e. The minimum Gasteiger partial charge on any atom is -0.497 e. The van der Waals surface area contributed by atoms with Crippen LogP contribution in [0.2, 0.25) is 0 Å². The van der Waals surface area contributed by atoms with Gasteiger partial charge in [0, 0.05) is 17.6 Å². The number of nitrogens with one attached hydrogen (secondary N) is 1. The van der Waals surface area contributed by atoms with Gasteiger partial charge in [0.2, 0.25) is 5.78 Å². The Bertz CT molecular complexity index is 715. The van der Waals surface area contributed by atoms with Crippen molar-refractivity contribution >= 4 is 11.6 Å². The summed E-state index contributed by atoms with van der Waals surface area (Å²) in [5.74, 6) is 0.274. The largest absolute Gasteiger partial charge is 0.497 e. The van der Waals surface area contributed by atoms with E-state index in [1.54, 1.807) is 13.2 Å². The van der Waals surface area contributed by atoms with Crippen molar-refractivity contribution in [1.82, 2.24) is 9.97 Å². The molecule has 5 nitrogen and oxygen atoms in total. The van der Waals surface area contributed by atoms with E-state index < -0.39 is 0 Å². The molecule has 1 aliphatic carbocycles. The molecule has 1 aliphatic rings. The molecule has 1 aromatic carbocycles. The van der Waals surface area contributed by atoms with Crippen LogP contribution in [0.15, 0.2) is 42.4 Å². The predicted molar refractivity (Wildman–Crippen MR) is 72.0 cm³/mol. The summed E-state index contributed by atoms with van der Waals surface area (Å²) in [6, 6.07) is 5.37. The number of hydrogen-bond acceptors (Lipinski definition) is 4. The number of ether oxygens (including phenoxy) is 1. The number of aromatic nitrogens is 2. The molecule has 1 N–H and O–H groups in total. The lowest BCUT2D eigenvalue weighted by Gasteiger charge is -2.01. The molecular formula is C15H12N2O3. The third kappa shape index (κ3) is 2.03. The van der Waals surface area contributed by atoms with Crippen LogP contribution >= 0.6 is 0 Å². The van der Waals surface area contributed by atoms with Crippen LogP contribution in [0.4, 0.5) is 0 Å². The second-order valence-corrected chi connectivity index (χ2v) is 4.53. The molecule has 1 heterocycles. The molecule has 20 heavy (non-hydrogen) atoms. The van der Waals surface area contributed by atoms with Crippen molar-refractivity contribution in [1.29, 1.82) is 0 Å². The Morgan fingerprint density at radius 2 is 2.30 bits per heavy atom. The molecule has 0 unspecified atom stereocenters. The molecule has 0 saturated carbocycles. The molecule has 5 heteroatoms. The summed E-state index contributed by atoms with van der Waals surface area (Å²) in [7, 11) is 1.56. The van der Waals surface area contributed by atoms with Gasteiger partial charge in [-0.05, 0) is 23.8 Å². The average Bonchev–Trinajstić information content (AvgIpc) is 3.08. The van der Waals surface area contributed by atoms with Gasteiger partial charge in [0.15, 0.2) is 5.78 Å². The van der Waals surface area contributed by atoms with Crippen LogP contribution in [0.1, 0.15) is 26.4 Å². The maximum Gasteiger partial charge on any atom is 0.204 e. The van der Waals surface area contributed by atoms with Crippen molar-refractivity contribution in [3.8, 4) is 5.75 Å². The highest BCUT2D eigenvalue weighted by Crippen LogP contribution is 2.29. The lowest BCUT2D eigenvalue weighted by Crippen LogP contribution is -2.01. The first-order chi connectivity index (χ1) is 9.69. The number of methoxy groups -OCH3 is 1. The first-order valence-corrected chi connectivity index (χ1v) is 6.14. The topological polar surface area (TPSA) is 72.1 Å². The molecule has 2 aromatic rings. The number of fused-ring (bicyclic) bond motifs is 1. The highest BCUT2D eigenvalue weighted by Gasteiger charge is 2.26. The molecule has 0 amide bonds. The summed E-state index contributed by atoms with van der Waals surface area (Å²) in [6.45, 7) is 0. The minimum absolute atomic E-state index is 0.119. The third-order valence-electron chi connectivity index (χ3n) is 3.30. The fraction of sp³-hybridized carbons (Fsp3) is 0.133. The van der Waals surface area contributed by atoms with E-state index in [-0.39, 0.29) is 11.6 Å². The summed E-state index contributed by atoms with van der Waals surface area (Å²) in [5, 5.41) is 0. The van der Waals surface area contributed by atoms with Gasteiger partial charge in [-0.25, -0.2) is 4.98 Å². The highest BCUT2D eigenvalue weighted by molar-refractivity contribution is 6.17. The van der Waals surface area contributed by atoms with Gasteiger partial charge in [0.1, 0.15) is 11.4 Å². The zero-order valence-electron chi connectivity index (χ0n) is 10.8. The zero-order valence-corrected chi connectivity index (χ0v) is 10.8. The maximum absolute atomic E-state index is 12.3. The van der Waals surface area contributed by atoms with Gasteiger partial charge in [-0.3, -0.25) is 9.59 Å². The van der Waals surface area contributed by atoms with E-state index in [0.717, 1.165) is 5.56 Å². The number of H-pyrrole nitrogens is 1. The van der Waals surface area contributed by atoms with E-state index in [4.69, 9.17) is 4.74 Å². The number of imidazole rings is 1. The summed E-state index contributed by atoms with van der Waals surface area (Å²) in [4.78, 5) is 30.7. The summed E-state index contributed by atoms with van der Waals surface area (Å²) < 4.78 is 5.11. The Morgan fingerprint density at radius 1 is 1.45 bits per heavy atom. The Kier molecular flexibility index (Phi) is 2.95. The second kappa shape index (κ2) is 4.77. The molecular weight excluding hydrogens is 256 g/mol. The van der Waals surface area contributed by atoms with Gasteiger partial charge in [0.25, 0.3) is 0 Å².